The highest BCUT2D eigenvalue weighted by atomic mass is 16.3. The Kier molecular flexibility index (Phi) is 5.56. The van der Waals surface area contributed by atoms with Crippen molar-refractivity contribution in [2.24, 2.45) is 0 Å². The molecule has 2 amide bonds. The fraction of sp³-hybridized carbons (Fsp3) is 0.227. The molecule has 3 heterocycles. The molecular formula is C22H22N4O3. The highest BCUT2D eigenvalue weighted by molar-refractivity contribution is 5.99. The molecule has 0 spiro atoms. The number of hydrogen-bond acceptors (Lipinski definition) is 5. The number of aromatic nitrogens is 1. The van der Waals surface area contributed by atoms with Crippen LogP contribution in [0.2, 0.25) is 0 Å². The molecule has 0 atom stereocenters. The lowest BCUT2D eigenvalue weighted by Gasteiger charge is -2.35. The molecule has 1 aliphatic rings. The quantitative estimate of drug-likeness (QED) is 0.724. The van der Waals surface area contributed by atoms with Crippen molar-refractivity contribution in [3.05, 3.63) is 83.9 Å². The number of hydrogen-bond donors (Lipinski definition) is 1. The molecule has 7 heteroatoms. The maximum atomic E-state index is 12.9. The molecule has 0 aliphatic carbocycles. The van der Waals surface area contributed by atoms with Crippen molar-refractivity contribution in [2.75, 3.05) is 31.1 Å². The molecule has 2 aromatic heterocycles. The summed E-state index contributed by atoms with van der Waals surface area (Å²) < 4.78 is 5.22. The summed E-state index contributed by atoms with van der Waals surface area (Å²) in [5.41, 5.74) is 0.969. The Morgan fingerprint density at radius 1 is 0.966 bits per heavy atom. The van der Waals surface area contributed by atoms with Crippen LogP contribution in [-0.4, -0.2) is 47.9 Å². The number of carbonyl (C=O) groups is 2. The SMILES string of the molecule is O=C(NCc1ccco1)c1cccc(C(=O)N2CCN(c3ccccn3)CC2)c1. The van der Waals surface area contributed by atoms with Crippen LogP contribution < -0.4 is 10.2 Å². The molecule has 0 saturated carbocycles. The average molecular weight is 390 g/mol. The zero-order valence-corrected chi connectivity index (χ0v) is 16.0. The van der Waals surface area contributed by atoms with E-state index < -0.39 is 0 Å². The van der Waals surface area contributed by atoms with Crippen molar-refractivity contribution in [3.8, 4) is 0 Å². The summed E-state index contributed by atoms with van der Waals surface area (Å²) in [4.78, 5) is 33.7. The topological polar surface area (TPSA) is 78.7 Å². The van der Waals surface area contributed by atoms with Gasteiger partial charge in [0.1, 0.15) is 11.6 Å². The van der Waals surface area contributed by atoms with Crippen molar-refractivity contribution in [3.63, 3.8) is 0 Å². The highest BCUT2D eigenvalue weighted by Gasteiger charge is 2.23. The number of nitrogens with zero attached hydrogens (tertiary/aromatic N) is 3. The van der Waals surface area contributed by atoms with E-state index >= 15 is 0 Å². The van der Waals surface area contributed by atoms with Gasteiger partial charge in [0.25, 0.3) is 11.8 Å². The zero-order chi connectivity index (χ0) is 20.1. The third kappa shape index (κ3) is 4.45. The van der Waals surface area contributed by atoms with Crippen LogP contribution in [0.15, 0.2) is 71.5 Å². The van der Waals surface area contributed by atoms with E-state index in [1.807, 2.05) is 23.1 Å². The first-order valence-corrected chi connectivity index (χ1v) is 9.56. The van der Waals surface area contributed by atoms with E-state index in [-0.39, 0.29) is 11.8 Å². The first kappa shape index (κ1) is 18.7. The van der Waals surface area contributed by atoms with Gasteiger partial charge in [0.05, 0.1) is 12.8 Å². The normalized spacial score (nSPS) is 13.9. The molecular weight excluding hydrogens is 368 g/mol. The van der Waals surface area contributed by atoms with Crippen molar-refractivity contribution >= 4 is 17.6 Å². The smallest absolute Gasteiger partial charge is 0.253 e. The predicted molar refractivity (Wildman–Crippen MR) is 109 cm³/mol. The first-order chi connectivity index (χ1) is 14.2. The van der Waals surface area contributed by atoms with Crippen LogP contribution in [0.25, 0.3) is 0 Å². The molecule has 1 aromatic carbocycles. The predicted octanol–water partition coefficient (Wildman–Crippen LogP) is 2.57. The van der Waals surface area contributed by atoms with E-state index in [2.05, 4.69) is 15.2 Å². The third-order valence-corrected chi connectivity index (χ3v) is 4.92. The van der Waals surface area contributed by atoms with E-state index in [0.717, 1.165) is 18.9 Å². The van der Waals surface area contributed by atoms with Crippen molar-refractivity contribution in [1.82, 2.24) is 15.2 Å². The van der Waals surface area contributed by atoms with Crippen LogP contribution in [-0.2, 0) is 6.54 Å². The lowest BCUT2D eigenvalue weighted by Crippen LogP contribution is -2.49. The van der Waals surface area contributed by atoms with E-state index in [1.165, 1.54) is 0 Å². The lowest BCUT2D eigenvalue weighted by molar-refractivity contribution is 0.0746. The number of nitrogens with one attached hydrogen (secondary N) is 1. The second-order valence-corrected chi connectivity index (χ2v) is 6.81. The Labute approximate surface area is 169 Å². The Bertz CT molecular complexity index is 965. The molecule has 0 radical (unpaired) electrons. The largest absolute Gasteiger partial charge is 0.467 e. The molecule has 7 nitrogen and oxygen atoms in total. The Balaban J connectivity index is 1.36. The Hall–Kier alpha value is -3.61. The summed E-state index contributed by atoms with van der Waals surface area (Å²) in [5.74, 6) is 1.30. The van der Waals surface area contributed by atoms with Gasteiger partial charge in [-0.3, -0.25) is 9.59 Å². The molecule has 29 heavy (non-hydrogen) atoms. The van der Waals surface area contributed by atoms with Gasteiger partial charge in [-0.1, -0.05) is 12.1 Å². The van der Waals surface area contributed by atoms with Crippen LogP contribution in [0, 0.1) is 0 Å². The van der Waals surface area contributed by atoms with E-state index in [0.29, 0.717) is 36.5 Å². The monoisotopic (exact) mass is 390 g/mol. The number of furan rings is 1. The fourth-order valence-electron chi connectivity index (χ4n) is 3.34. The highest BCUT2D eigenvalue weighted by Crippen LogP contribution is 2.15. The van der Waals surface area contributed by atoms with Gasteiger partial charge >= 0.3 is 0 Å². The molecule has 148 valence electrons. The van der Waals surface area contributed by atoms with Gasteiger partial charge in [0.15, 0.2) is 0 Å². The van der Waals surface area contributed by atoms with Crippen LogP contribution in [0.1, 0.15) is 26.5 Å². The number of anilines is 1. The molecule has 1 N–H and O–H groups in total. The number of rotatable bonds is 5. The van der Waals surface area contributed by atoms with E-state index in [1.54, 1.807) is 48.9 Å². The third-order valence-electron chi connectivity index (χ3n) is 4.92. The number of piperazine rings is 1. The maximum Gasteiger partial charge on any atom is 0.253 e. The van der Waals surface area contributed by atoms with Gasteiger partial charge in [0.2, 0.25) is 0 Å². The number of amides is 2. The van der Waals surface area contributed by atoms with Gasteiger partial charge in [0, 0.05) is 43.5 Å². The second kappa shape index (κ2) is 8.60. The summed E-state index contributed by atoms with van der Waals surface area (Å²) >= 11 is 0. The molecule has 1 fully saturated rings. The van der Waals surface area contributed by atoms with E-state index in [4.69, 9.17) is 4.42 Å². The average Bonchev–Trinajstić information content (AvgIpc) is 3.31. The van der Waals surface area contributed by atoms with Crippen LogP contribution in [0.5, 0.6) is 0 Å². The van der Waals surface area contributed by atoms with Crippen LogP contribution in [0.3, 0.4) is 0 Å². The summed E-state index contributed by atoms with van der Waals surface area (Å²) in [7, 11) is 0. The van der Waals surface area contributed by atoms with Crippen LogP contribution >= 0.6 is 0 Å². The molecule has 1 saturated heterocycles. The summed E-state index contributed by atoms with van der Waals surface area (Å²) in [6, 6.07) is 16.2. The number of pyridine rings is 1. The molecule has 3 aromatic rings. The minimum atomic E-state index is -0.240. The van der Waals surface area contributed by atoms with Crippen molar-refractivity contribution in [1.29, 1.82) is 0 Å². The minimum absolute atomic E-state index is 0.0636. The lowest BCUT2D eigenvalue weighted by atomic mass is 10.1. The van der Waals surface area contributed by atoms with E-state index in [9.17, 15) is 9.59 Å². The first-order valence-electron chi connectivity index (χ1n) is 9.56. The standard InChI is InChI=1S/C22H22N4O3/c27-21(24-16-19-7-4-14-29-19)17-5-3-6-18(15-17)22(28)26-12-10-25(11-13-26)20-8-1-2-9-23-20/h1-9,14-15H,10-13,16H2,(H,24,27). The van der Waals surface area contributed by atoms with Gasteiger partial charge in [-0.2, -0.15) is 0 Å². The van der Waals surface area contributed by atoms with Crippen LogP contribution in [0.4, 0.5) is 5.82 Å². The van der Waals surface area contributed by atoms with Crippen molar-refractivity contribution in [2.45, 2.75) is 6.54 Å². The molecule has 0 unspecified atom stereocenters. The summed E-state index contributed by atoms with van der Waals surface area (Å²) in [6.07, 6.45) is 3.34. The Morgan fingerprint density at radius 2 is 1.79 bits per heavy atom. The minimum Gasteiger partial charge on any atom is -0.467 e. The fourth-order valence-corrected chi connectivity index (χ4v) is 3.34. The number of carbonyl (C=O) groups excluding carboxylic acids is 2. The molecule has 4 rings (SSSR count). The Morgan fingerprint density at radius 3 is 2.52 bits per heavy atom. The van der Waals surface area contributed by atoms with Gasteiger partial charge in [-0.05, 0) is 42.5 Å². The second-order valence-electron chi connectivity index (χ2n) is 6.81. The molecule has 1 aliphatic heterocycles. The van der Waals surface area contributed by atoms with Crippen molar-refractivity contribution < 1.29 is 14.0 Å². The number of benzene rings is 1. The molecule has 0 bridgehead atoms. The summed E-state index contributed by atoms with van der Waals surface area (Å²) in [6.45, 7) is 2.99. The van der Waals surface area contributed by atoms with Gasteiger partial charge in [-0.25, -0.2) is 4.98 Å². The zero-order valence-electron chi connectivity index (χ0n) is 16.0. The van der Waals surface area contributed by atoms with Gasteiger partial charge < -0.3 is 19.5 Å². The summed E-state index contributed by atoms with van der Waals surface area (Å²) in [5, 5.41) is 2.80. The van der Waals surface area contributed by atoms with Gasteiger partial charge in [-0.15, -0.1) is 0 Å². The maximum absolute atomic E-state index is 12.9.